The molecule has 0 bridgehead atoms. The molecule has 1 saturated carbocycles. The van der Waals surface area contributed by atoms with Crippen LogP contribution in [0, 0.1) is 6.92 Å². The summed E-state index contributed by atoms with van der Waals surface area (Å²) in [6.45, 7) is 2.36. The molecule has 1 aromatic rings. The minimum Gasteiger partial charge on any atom is -0.395 e. The minimum atomic E-state index is 0.0657. The molecule has 1 fully saturated rings. The Kier molecular flexibility index (Phi) is 2.67. The summed E-state index contributed by atoms with van der Waals surface area (Å²) in [5, 5.41) is 9.43. The second kappa shape index (κ2) is 3.67. The predicted molar refractivity (Wildman–Crippen MR) is 61.5 cm³/mol. The predicted octanol–water partition coefficient (Wildman–Crippen LogP) is 3.17. The number of hydrogen-bond donors (Lipinski definition) is 1. The van der Waals surface area contributed by atoms with Crippen LogP contribution in [-0.2, 0) is 5.41 Å². The van der Waals surface area contributed by atoms with Gasteiger partial charge in [-0.2, -0.15) is 0 Å². The first kappa shape index (κ1) is 10.2. The van der Waals surface area contributed by atoms with Crippen LogP contribution >= 0.6 is 15.9 Å². The Morgan fingerprint density at radius 3 is 2.57 bits per heavy atom. The molecule has 2 rings (SSSR count). The highest BCUT2D eigenvalue weighted by Crippen LogP contribution is 2.44. The summed E-state index contributed by atoms with van der Waals surface area (Å²) in [4.78, 5) is 0. The first-order valence-electron chi connectivity index (χ1n) is 5.05. The topological polar surface area (TPSA) is 20.2 Å². The number of aryl methyl sites for hydroxylation is 1. The van der Waals surface area contributed by atoms with Crippen LogP contribution in [0.1, 0.15) is 30.4 Å². The van der Waals surface area contributed by atoms with E-state index in [0.29, 0.717) is 0 Å². The summed E-state index contributed by atoms with van der Waals surface area (Å²) in [6.07, 6.45) is 3.49. The van der Waals surface area contributed by atoms with Gasteiger partial charge in [-0.15, -0.1) is 0 Å². The first-order valence-corrected chi connectivity index (χ1v) is 5.85. The summed E-state index contributed by atoms with van der Waals surface area (Å²) < 4.78 is 1.15. The maximum absolute atomic E-state index is 9.43. The smallest absolute Gasteiger partial charge is 0.0527 e. The zero-order valence-corrected chi connectivity index (χ0v) is 9.97. The summed E-state index contributed by atoms with van der Waals surface area (Å²) in [6, 6.07) is 6.43. The van der Waals surface area contributed by atoms with Crippen LogP contribution in [0.25, 0.3) is 0 Å². The van der Waals surface area contributed by atoms with Gasteiger partial charge < -0.3 is 5.11 Å². The lowest BCUT2D eigenvalue weighted by Gasteiger charge is -2.41. The van der Waals surface area contributed by atoms with Crippen molar-refractivity contribution in [2.24, 2.45) is 0 Å². The van der Waals surface area contributed by atoms with Crippen LogP contribution in [0.3, 0.4) is 0 Å². The van der Waals surface area contributed by atoms with Crippen molar-refractivity contribution in [1.29, 1.82) is 0 Å². The van der Waals surface area contributed by atoms with Crippen molar-refractivity contribution in [3.8, 4) is 0 Å². The molecule has 0 saturated heterocycles. The molecule has 76 valence electrons. The van der Waals surface area contributed by atoms with Gasteiger partial charge in [0, 0.05) is 9.89 Å². The highest BCUT2D eigenvalue weighted by atomic mass is 79.9. The van der Waals surface area contributed by atoms with Gasteiger partial charge in [0.1, 0.15) is 0 Å². The van der Waals surface area contributed by atoms with Crippen molar-refractivity contribution in [2.75, 3.05) is 6.61 Å². The third-order valence-corrected chi connectivity index (χ3v) is 4.25. The Bertz CT molecular complexity index is 337. The fourth-order valence-electron chi connectivity index (χ4n) is 2.06. The first-order chi connectivity index (χ1) is 6.68. The summed E-state index contributed by atoms with van der Waals surface area (Å²) in [5.41, 5.74) is 2.60. The van der Waals surface area contributed by atoms with Crippen LogP contribution in [-0.4, -0.2) is 11.7 Å². The normalized spacial score (nSPS) is 19.1. The lowest BCUT2D eigenvalue weighted by Crippen LogP contribution is -2.37. The van der Waals surface area contributed by atoms with E-state index >= 15 is 0 Å². The van der Waals surface area contributed by atoms with Crippen LogP contribution in [0.2, 0.25) is 0 Å². The Morgan fingerprint density at radius 2 is 2.14 bits per heavy atom. The summed E-state index contributed by atoms with van der Waals surface area (Å²) >= 11 is 3.54. The van der Waals surface area contributed by atoms with Gasteiger partial charge in [0.2, 0.25) is 0 Å². The Hall–Kier alpha value is -0.340. The van der Waals surface area contributed by atoms with E-state index in [-0.39, 0.29) is 12.0 Å². The average Bonchev–Trinajstić information content (AvgIpc) is 2.10. The van der Waals surface area contributed by atoms with Crippen molar-refractivity contribution < 1.29 is 5.11 Å². The molecule has 0 radical (unpaired) electrons. The molecule has 0 spiro atoms. The maximum Gasteiger partial charge on any atom is 0.0527 e. The molecule has 0 aliphatic heterocycles. The summed E-state index contributed by atoms with van der Waals surface area (Å²) in [5.74, 6) is 0. The van der Waals surface area contributed by atoms with E-state index in [9.17, 15) is 5.11 Å². The van der Waals surface area contributed by atoms with Crippen molar-refractivity contribution in [3.05, 3.63) is 33.8 Å². The second-order valence-electron chi connectivity index (χ2n) is 4.26. The van der Waals surface area contributed by atoms with Gasteiger partial charge in [0.05, 0.1) is 6.61 Å². The Labute approximate surface area is 93.3 Å². The second-order valence-corrected chi connectivity index (χ2v) is 5.11. The number of hydrogen-bond acceptors (Lipinski definition) is 1. The maximum atomic E-state index is 9.43. The molecule has 0 amide bonds. The van der Waals surface area contributed by atoms with Crippen molar-refractivity contribution >= 4 is 15.9 Å². The molecular weight excluding hydrogens is 240 g/mol. The number of benzene rings is 1. The van der Waals surface area contributed by atoms with E-state index in [1.54, 1.807) is 0 Å². The number of rotatable bonds is 2. The lowest BCUT2D eigenvalue weighted by molar-refractivity contribution is 0.120. The largest absolute Gasteiger partial charge is 0.395 e. The highest BCUT2D eigenvalue weighted by Gasteiger charge is 2.38. The molecule has 2 heteroatoms. The van der Waals surface area contributed by atoms with Crippen LogP contribution < -0.4 is 0 Å². The van der Waals surface area contributed by atoms with Gasteiger partial charge in [-0.05, 0) is 37.0 Å². The van der Waals surface area contributed by atoms with Gasteiger partial charge in [0.15, 0.2) is 0 Å². The molecule has 0 aromatic heterocycles. The quantitative estimate of drug-likeness (QED) is 0.860. The monoisotopic (exact) mass is 254 g/mol. The average molecular weight is 255 g/mol. The zero-order valence-electron chi connectivity index (χ0n) is 8.39. The fraction of sp³-hybridized carbons (Fsp3) is 0.500. The van der Waals surface area contributed by atoms with Gasteiger partial charge in [0.25, 0.3) is 0 Å². The van der Waals surface area contributed by atoms with Crippen molar-refractivity contribution in [2.45, 2.75) is 31.6 Å². The van der Waals surface area contributed by atoms with E-state index in [1.165, 1.54) is 17.5 Å². The van der Waals surface area contributed by atoms with Crippen molar-refractivity contribution in [3.63, 3.8) is 0 Å². The van der Waals surface area contributed by atoms with Crippen LogP contribution in [0.4, 0.5) is 0 Å². The molecule has 1 N–H and O–H groups in total. The fourth-order valence-corrected chi connectivity index (χ4v) is 2.44. The molecule has 0 heterocycles. The Balaban J connectivity index is 2.36. The van der Waals surface area contributed by atoms with Gasteiger partial charge in [-0.25, -0.2) is 0 Å². The van der Waals surface area contributed by atoms with Crippen LogP contribution in [0.5, 0.6) is 0 Å². The molecule has 14 heavy (non-hydrogen) atoms. The number of aliphatic hydroxyl groups is 1. The number of halogens is 1. The van der Waals surface area contributed by atoms with E-state index in [2.05, 4.69) is 41.1 Å². The van der Waals surface area contributed by atoms with Crippen molar-refractivity contribution in [1.82, 2.24) is 0 Å². The molecule has 1 nitrogen and oxygen atoms in total. The van der Waals surface area contributed by atoms with E-state index in [4.69, 9.17) is 0 Å². The third-order valence-electron chi connectivity index (χ3n) is 3.40. The zero-order chi connectivity index (χ0) is 10.2. The molecule has 1 aliphatic rings. The number of aliphatic hydroxyl groups excluding tert-OH is 1. The van der Waals surface area contributed by atoms with E-state index < -0.39 is 0 Å². The van der Waals surface area contributed by atoms with Gasteiger partial charge in [-0.3, -0.25) is 0 Å². The molecule has 0 unspecified atom stereocenters. The van der Waals surface area contributed by atoms with Gasteiger partial charge >= 0.3 is 0 Å². The SMILES string of the molecule is Cc1ccc(C2(CO)CCC2)cc1Br. The molecular formula is C12H15BrO. The minimum absolute atomic E-state index is 0.0657. The standard InChI is InChI=1S/C12H15BrO/c1-9-3-4-10(7-11(9)13)12(8-14)5-2-6-12/h3-4,7,14H,2,5-6,8H2,1H3. The highest BCUT2D eigenvalue weighted by molar-refractivity contribution is 9.10. The van der Waals surface area contributed by atoms with E-state index in [0.717, 1.165) is 17.3 Å². The molecule has 1 aromatic carbocycles. The third kappa shape index (κ3) is 1.51. The molecule has 0 atom stereocenters. The summed E-state index contributed by atoms with van der Waals surface area (Å²) in [7, 11) is 0. The van der Waals surface area contributed by atoms with E-state index in [1.807, 2.05) is 0 Å². The molecule has 1 aliphatic carbocycles. The lowest BCUT2D eigenvalue weighted by atomic mass is 9.65. The van der Waals surface area contributed by atoms with Crippen LogP contribution in [0.15, 0.2) is 22.7 Å². The van der Waals surface area contributed by atoms with Gasteiger partial charge in [-0.1, -0.05) is 34.5 Å². The Morgan fingerprint density at radius 1 is 1.43 bits per heavy atom.